The van der Waals surface area contributed by atoms with Crippen LogP contribution in [0.3, 0.4) is 0 Å². The van der Waals surface area contributed by atoms with Crippen LogP contribution in [0.25, 0.3) is 21.8 Å². The molecular weight excluding hydrogens is 614 g/mol. The molecule has 0 saturated heterocycles. The van der Waals surface area contributed by atoms with E-state index >= 15 is 0 Å². The Bertz CT molecular complexity index is 1970. The fourth-order valence-electron chi connectivity index (χ4n) is 6.56. The van der Waals surface area contributed by atoms with E-state index in [4.69, 9.17) is 24.3 Å². The van der Waals surface area contributed by atoms with Crippen LogP contribution >= 0.6 is 0 Å². The molecule has 0 unspecified atom stereocenters. The fourth-order valence-corrected chi connectivity index (χ4v) is 6.56. The Hall–Kier alpha value is -5.76. The number of carbonyl (C=O) groups is 1. The first-order valence-electron chi connectivity index (χ1n) is 16.5. The number of carboxylic acid groups (broad SMARTS) is 1. The monoisotopic (exact) mass is 651 g/mol. The van der Waals surface area contributed by atoms with Crippen molar-refractivity contribution in [2.45, 2.75) is 57.3 Å². The Morgan fingerprint density at radius 3 is 1.63 bits per heavy atom. The van der Waals surface area contributed by atoms with Crippen molar-refractivity contribution in [1.82, 2.24) is 9.97 Å². The second kappa shape index (κ2) is 14.2. The van der Waals surface area contributed by atoms with Gasteiger partial charge in [-0.25, -0.2) is 14.8 Å². The third-order valence-electron chi connectivity index (χ3n) is 9.33. The zero-order chi connectivity index (χ0) is 33.6. The molecule has 1 aliphatic rings. The SMILES string of the molecule is C/C(=N\OC1CCC(c2ccc(OCc3ccc4ccccc4n3)cc2)(c2ccc(OCc3ccc4ccccc4n3)cc2)CC1)C(=O)O. The van der Waals surface area contributed by atoms with Gasteiger partial charge in [-0.15, -0.1) is 0 Å². The second-order valence-electron chi connectivity index (χ2n) is 12.5. The van der Waals surface area contributed by atoms with Crippen molar-refractivity contribution in [2.24, 2.45) is 5.16 Å². The van der Waals surface area contributed by atoms with Gasteiger partial charge < -0.3 is 19.4 Å². The van der Waals surface area contributed by atoms with Gasteiger partial charge in [-0.1, -0.05) is 78.0 Å². The van der Waals surface area contributed by atoms with Gasteiger partial charge in [-0.2, -0.15) is 0 Å². The smallest absolute Gasteiger partial charge is 0.353 e. The molecule has 1 saturated carbocycles. The minimum absolute atomic E-state index is 0.0548. The van der Waals surface area contributed by atoms with Gasteiger partial charge >= 0.3 is 5.97 Å². The molecule has 0 aliphatic heterocycles. The lowest BCUT2D eigenvalue weighted by atomic mass is 9.65. The number of hydrogen-bond acceptors (Lipinski definition) is 7. The zero-order valence-corrected chi connectivity index (χ0v) is 27.3. The Labute approximate surface area is 285 Å². The maximum absolute atomic E-state index is 11.2. The standard InChI is InChI=1S/C41H37N3O5/c1-28(40(45)46)44-49-37-22-24-41(25-23-37,31-12-18-35(19-13-31)47-26-33-16-10-29-6-2-4-8-38(29)42-33)32-14-20-36(21-15-32)48-27-34-17-11-30-7-3-5-9-39(30)43-34/h2-21,37H,22-27H2,1H3,(H,45,46)/b44-28+. The third kappa shape index (κ3) is 7.23. The first kappa shape index (κ1) is 31.8. The lowest BCUT2D eigenvalue weighted by molar-refractivity contribution is -0.129. The molecule has 0 spiro atoms. The number of nitrogens with zero attached hydrogens (tertiary/aromatic N) is 3. The molecule has 8 heteroatoms. The molecule has 2 heterocycles. The van der Waals surface area contributed by atoms with Crippen LogP contribution in [0, 0.1) is 0 Å². The number of aliphatic carboxylic acids is 1. The predicted octanol–water partition coefficient (Wildman–Crippen LogP) is 8.65. The quantitative estimate of drug-likeness (QED) is 0.110. The van der Waals surface area contributed by atoms with E-state index in [1.54, 1.807) is 0 Å². The van der Waals surface area contributed by atoms with Gasteiger partial charge in [-0.05, 0) is 92.3 Å². The summed E-state index contributed by atoms with van der Waals surface area (Å²) in [6.07, 6.45) is 2.92. The number of rotatable bonds is 11. The molecule has 0 radical (unpaired) electrons. The largest absolute Gasteiger partial charge is 0.487 e. The van der Waals surface area contributed by atoms with E-state index in [0.29, 0.717) is 13.2 Å². The number of fused-ring (bicyclic) bond motifs is 2. The molecule has 0 bridgehead atoms. The summed E-state index contributed by atoms with van der Waals surface area (Å²) in [4.78, 5) is 26.4. The molecule has 1 N–H and O–H groups in total. The number of para-hydroxylation sites is 2. The number of hydrogen-bond donors (Lipinski definition) is 1. The minimum atomic E-state index is -1.08. The van der Waals surface area contributed by atoms with Crippen molar-refractivity contribution < 1.29 is 24.2 Å². The van der Waals surface area contributed by atoms with Crippen LogP contribution in [0.15, 0.2) is 126 Å². The third-order valence-corrected chi connectivity index (χ3v) is 9.33. The Morgan fingerprint density at radius 2 is 1.16 bits per heavy atom. The zero-order valence-electron chi connectivity index (χ0n) is 27.3. The van der Waals surface area contributed by atoms with Crippen molar-refractivity contribution in [3.8, 4) is 11.5 Å². The lowest BCUT2D eigenvalue weighted by Crippen LogP contribution is -2.35. The van der Waals surface area contributed by atoms with Gasteiger partial charge in [0.05, 0.1) is 22.4 Å². The van der Waals surface area contributed by atoms with Gasteiger partial charge in [0.1, 0.15) is 30.8 Å². The Morgan fingerprint density at radius 1 is 0.694 bits per heavy atom. The highest BCUT2D eigenvalue weighted by Gasteiger charge is 2.39. The number of ether oxygens (including phenoxy) is 2. The average molecular weight is 652 g/mol. The number of benzene rings is 4. The second-order valence-corrected chi connectivity index (χ2v) is 12.5. The molecule has 49 heavy (non-hydrogen) atoms. The van der Waals surface area contributed by atoms with Gasteiger partial charge in [0.2, 0.25) is 0 Å². The van der Waals surface area contributed by atoms with Crippen LogP contribution in [-0.4, -0.2) is 32.9 Å². The maximum atomic E-state index is 11.2. The molecule has 7 rings (SSSR count). The highest BCUT2D eigenvalue weighted by molar-refractivity contribution is 6.34. The van der Waals surface area contributed by atoms with Crippen molar-refractivity contribution in [3.05, 3.63) is 144 Å². The van der Waals surface area contributed by atoms with E-state index in [1.807, 2.05) is 72.8 Å². The summed E-state index contributed by atoms with van der Waals surface area (Å²) in [6, 6.07) is 40.9. The summed E-state index contributed by atoms with van der Waals surface area (Å²) in [5.41, 5.74) is 5.68. The van der Waals surface area contributed by atoms with Crippen LogP contribution in [0.5, 0.6) is 11.5 Å². The molecule has 4 aromatic carbocycles. The molecule has 8 nitrogen and oxygen atoms in total. The summed E-state index contributed by atoms with van der Waals surface area (Å²) >= 11 is 0. The van der Waals surface area contributed by atoms with Crippen LogP contribution in [-0.2, 0) is 28.3 Å². The molecule has 6 aromatic rings. The Kier molecular flexibility index (Phi) is 9.19. The molecule has 0 atom stereocenters. The van der Waals surface area contributed by atoms with E-state index in [-0.39, 0.29) is 17.2 Å². The van der Waals surface area contributed by atoms with Crippen molar-refractivity contribution in [2.75, 3.05) is 0 Å². The number of oxime groups is 1. The highest BCUT2D eigenvalue weighted by atomic mass is 16.6. The summed E-state index contributed by atoms with van der Waals surface area (Å²) in [6.45, 7) is 2.19. The normalized spacial score (nSPS) is 14.8. The van der Waals surface area contributed by atoms with Crippen LogP contribution in [0.4, 0.5) is 0 Å². The highest BCUT2D eigenvalue weighted by Crippen LogP contribution is 2.46. The maximum Gasteiger partial charge on any atom is 0.353 e. The molecule has 2 aromatic heterocycles. The summed E-state index contributed by atoms with van der Waals surface area (Å²) < 4.78 is 12.3. The topological polar surface area (TPSA) is 103 Å². The van der Waals surface area contributed by atoms with Gasteiger partial charge in [0, 0.05) is 16.2 Å². The predicted molar refractivity (Wildman–Crippen MR) is 190 cm³/mol. The van der Waals surface area contributed by atoms with Crippen LogP contribution in [0.2, 0.25) is 0 Å². The molecule has 246 valence electrons. The van der Waals surface area contributed by atoms with E-state index in [0.717, 1.165) is 70.4 Å². The number of aromatic nitrogens is 2. The number of pyridine rings is 2. The molecule has 1 fully saturated rings. The molecule has 0 amide bonds. The van der Waals surface area contributed by atoms with Crippen LogP contribution < -0.4 is 9.47 Å². The summed E-state index contributed by atoms with van der Waals surface area (Å²) in [5, 5.41) is 15.3. The van der Waals surface area contributed by atoms with Gasteiger partial charge in [-0.3, -0.25) is 0 Å². The van der Waals surface area contributed by atoms with E-state index in [1.165, 1.54) is 18.1 Å². The molecule has 1 aliphatic carbocycles. The van der Waals surface area contributed by atoms with Crippen molar-refractivity contribution in [1.29, 1.82) is 0 Å². The fraction of sp³-hybridized carbons (Fsp3) is 0.220. The molecular formula is C41H37N3O5. The first-order chi connectivity index (χ1) is 23.9. The van der Waals surface area contributed by atoms with E-state index in [2.05, 4.69) is 53.7 Å². The van der Waals surface area contributed by atoms with E-state index in [9.17, 15) is 9.90 Å². The summed E-state index contributed by atoms with van der Waals surface area (Å²) in [7, 11) is 0. The van der Waals surface area contributed by atoms with Gasteiger partial charge in [0.25, 0.3) is 0 Å². The van der Waals surface area contributed by atoms with Crippen molar-refractivity contribution in [3.63, 3.8) is 0 Å². The first-order valence-corrected chi connectivity index (χ1v) is 16.5. The lowest BCUT2D eigenvalue weighted by Gasteiger charge is -2.40. The average Bonchev–Trinajstić information content (AvgIpc) is 3.15. The van der Waals surface area contributed by atoms with Crippen LogP contribution in [0.1, 0.15) is 55.1 Å². The summed E-state index contributed by atoms with van der Waals surface area (Å²) in [5.74, 6) is 0.466. The minimum Gasteiger partial charge on any atom is -0.487 e. The Balaban J connectivity index is 1.08. The van der Waals surface area contributed by atoms with E-state index < -0.39 is 5.97 Å². The van der Waals surface area contributed by atoms with Gasteiger partial charge in [0.15, 0.2) is 5.71 Å². The van der Waals surface area contributed by atoms with Crippen molar-refractivity contribution >= 4 is 33.5 Å². The number of carboxylic acids is 1.